The number of rotatable bonds is 21. The van der Waals surface area contributed by atoms with Crippen LogP contribution in [0.3, 0.4) is 0 Å². The van der Waals surface area contributed by atoms with Crippen molar-refractivity contribution < 1.29 is 47.7 Å². The summed E-state index contributed by atoms with van der Waals surface area (Å²) < 4.78 is 31.1. The standard InChI is InChI=1S/C55H68N13O10/c1-6-46(69)59-49(36-10-8-7-9-11-36)53(72)66-25-27-67(28-26-66)54(73)50-48(41-18-17-40(74-3)33-43(41)63(50)2)52(71)56-20-29-77-30-31-78-35-47(70)65-23-21-64(22-24-65)38-14-12-37(13-15-38)58-55-57-34-42-51(60-55)68(62-61-42)39-16-19-44(75-4)45(32-39)76-5/h6,12-19,32-34,36,49H,7-11,20-31,35H2,1-5H3,(H,56,71)(H,59,69)(H,57,58,60)/t49-/m0/s1. The molecule has 6 aromatic rings. The van der Waals surface area contributed by atoms with Crippen LogP contribution in [0.1, 0.15) is 59.9 Å². The Morgan fingerprint density at radius 3 is 2.18 bits per heavy atom. The van der Waals surface area contributed by atoms with Crippen LogP contribution in [0, 0.1) is 12.3 Å². The molecule has 0 spiro atoms. The zero-order valence-corrected chi connectivity index (χ0v) is 44.9. The van der Waals surface area contributed by atoms with Crippen LogP contribution >= 0.6 is 0 Å². The van der Waals surface area contributed by atoms with E-state index in [4.69, 9.17) is 23.7 Å². The average Bonchev–Trinajstić information content (AvgIpc) is 4.27. The molecule has 3 N–H and O–H groups in total. The van der Waals surface area contributed by atoms with E-state index >= 15 is 0 Å². The van der Waals surface area contributed by atoms with Gasteiger partial charge in [0.2, 0.25) is 23.7 Å². The van der Waals surface area contributed by atoms with E-state index in [1.165, 1.54) is 6.42 Å². The lowest BCUT2D eigenvalue weighted by Crippen LogP contribution is -2.58. The fourth-order valence-electron chi connectivity index (χ4n) is 10.4. The van der Waals surface area contributed by atoms with E-state index in [9.17, 15) is 24.0 Å². The van der Waals surface area contributed by atoms with Crippen molar-refractivity contribution in [3.63, 3.8) is 0 Å². The van der Waals surface area contributed by atoms with E-state index in [0.29, 0.717) is 90.2 Å². The highest BCUT2D eigenvalue weighted by molar-refractivity contribution is 6.16. The largest absolute Gasteiger partial charge is 0.497 e. The number of anilines is 3. The van der Waals surface area contributed by atoms with Crippen LogP contribution in [0.25, 0.3) is 27.8 Å². The van der Waals surface area contributed by atoms with Crippen LogP contribution in [0.5, 0.6) is 17.2 Å². The van der Waals surface area contributed by atoms with Crippen molar-refractivity contribution in [2.45, 2.75) is 45.1 Å². The third-order valence-electron chi connectivity index (χ3n) is 14.7. The molecule has 78 heavy (non-hydrogen) atoms. The minimum absolute atomic E-state index is 0.0728. The summed E-state index contributed by atoms with van der Waals surface area (Å²) in [6.45, 7) is 5.86. The van der Waals surface area contributed by atoms with E-state index < -0.39 is 11.9 Å². The minimum Gasteiger partial charge on any atom is -0.497 e. The molecule has 23 nitrogen and oxygen atoms in total. The van der Waals surface area contributed by atoms with Crippen molar-refractivity contribution in [2.24, 2.45) is 13.0 Å². The summed E-state index contributed by atoms with van der Waals surface area (Å²) in [6.07, 6.45) is 7.99. The Balaban J connectivity index is 0.701. The number of amides is 5. The number of carbonyl (C=O) groups is 5. The molecular weight excluding hydrogens is 1000 g/mol. The second-order valence-electron chi connectivity index (χ2n) is 19.4. The number of nitrogens with one attached hydrogen (secondary N) is 3. The summed E-state index contributed by atoms with van der Waals surface area (Å²) in [5, 5.41) is 18.2. The number of hydrogen-bond acceptors (Lipinski definition) is 16. The van der Waals surface area contributed by atoms with Crippen LogP contribution in [0.15, 0.2) is 66.9 Å². The Hall–Kier alpha value is -8.05. The van der Waals surface area contributed by atoms with Crippen molar-refractivity contribution in [3.8, 4) is 22.9 Å². The number of fused-ring (bicyclic) bond motifs is 2. The third-order valence-corrected chi connectivity index (χ3v) is 14.7. The molecule has 5 heterocycles. The van der Waals surface area contributed by atoms with Gasteiger partial charge in [-0.15, -0.1) is 5.10 Å². The molecule has 3 aromatic carbocycles. The SMILES string of the molecule is C[CH]C(=O)N[C@H](C(=O)N1CCN(C(=O)c2c(C(=O)NCCOCCOCC(=O)N3CCN(c4ccc(Nc5ncc6nnn(-c7ccc(OC)c(OC)c7)c6n5)cc4)CC3)c3ccc(OC)cc3n2C)CC1)C1CCCCC1. The molecule has 413 valence electrons. The monoisotopic (exact) mass is 1070 g/mol. The van der Waals surface area contributed by atoms with Gasteiger partial charge >= 0.3 is 0 Å². The predicted molar refractivity (Wildman–Crippen MR) is 290 cm³/mol. The Morgan fingerprint density at radius 1 is 0.756 bits per heavy atom. The third kappa shape index (κ3) is 12.4. The van der Waals surface area contributed by atoms with Crippen LogP contribution in [-0.2, 0) is 30.9 Å². The summed E-state index contributed by atoms with van der Waals surface area (Å²) in [5.74, 6) is 0.930. The lowest BCUT2D eigenvalue weighted by atomic mass is 9.83. The molecule has 9 rings (SSSR count). The molecule has 1 saturated carbocycles. The van der Waals surface area contributed by atoms with Crippen molar-refractivity contribution in [1.82, 2.24) is 54.9 Å². The van der Waals surface area contributed by atoms with Gasteiger partial charge in [0, 0.05) is 101 Å². The van der Waals surface area contributed by atoms with Gasteiger partial charge in [0.25, 0.3) is 11.8 Å². The van der Waals surface area contributed by atoms with Gasteiger partial charge in [-0.05, 0) is 67.3 Å². The molecule has 0 bridgehead atoms. The highest BCUT2D eigenvalue weighted by Crippen LogP contribution is 2.33. The van der Waals surface area contributed by atoms with Crippen LogP contribution < -0.4 is 35.1 Å². The van der Waals surface area contributed by atoms with Crippen molar-refractivity contribution >= 4 is 68.9 Å². The Kier molecular flexibility index (Phi) is 17.8. The molecule has 1 radical (unpaired) electrons. The molecule has 1 atom stereocenters. The number of carbonyl (C=O) groups excluding carboxylic acids is 5. The molecule has 5 amide bonds. The van der Waals surface area contributed by atoms with Gasteiger partial charge in [-0.25, -0.2) is 4.98 Å². The number of hydrogen-bond donors (Lipinski definition) is 3. The number of aromatic nitrogens is 6. The van der Waals surface area contributed by atoms with Crippen LogP contribution in [0.4, 0.5) is 17.3 Å². The number of nitrogens with zero attached hydrogens (tertiary/aromatic N) is 10. The molecule has 23 heteroatoms. The Labute approximate surface area is 452 Å². The van der Waals surface area contributed by atoms with Crippen LogP contribution in [-0.4, -0.2) is 186 Å². The zero-order chi connectivity index (χ0) is 54.7. The summed E-state index contributed by atoms with van der Waals surface area (Å²) in [7, 11) is 6.46. The van der Waals surface area contributed by atoms with Gasteiger partial charge in [-0.2, -0.15) is 9.67 Å². The predicted octanol–water partition coefficient (Wildman–Crippen LogP) is 4.16. The Bertz CT molecular complexity index is 3090. The smallest absolute Gasteiger partial charge is 0.271 e. The van der Waals surface area contributed by atoms with Gasteiger partial charge in [0.05, 0.1) is 64.1 Å². The molecule has 2 aliphatic heterocycles. The number of benzene rings is 3. The number of piperazine rings is 2. The molecule has 1 aliphatic carbocycles. The van der Waals surface area contributed by atoms with Crippen molar-refractivity contribution in [1.29, 1.82) is 0 Å². The normalized spacial score (nSPS) is 15.6. The van der Waals surface area contributed by atoms with Gasteiger partial charge in [-0.3, -0.25) is 24.0 Å². The Morgan fingerprint density at radius 2 is 1.46 bits per heavy atom. The molecular formula is C55H68N13O10. The van der Waals surface area contributed by atoms with Crippen molar-refractivity contribution in [2.75, 3.05) is 117 Å². The molecule has 3 aliphatic rings. The molecule has 0 unspecified atom stereocenters. The van der Waals surface area contributed by atoms with E-state index in [-0.39, 0.29) is 86.9 Å². The van der Waals surface area contributed by atoms with E-state index in [0.717, 1.165) is 43.5 Å². The molecule has 3 aromatic heterocycles. The summed E-state index contributed by atoms with van der Waals surface area (Å²) in [5.41, 5.74) is 4.69. The molecule has 2 saturated heterocycles. The maximum absolute atomic E-state index is 14.4. The quantitative estimate of drug-likeness (QED) is 0.0858. The fourth-order valence-corrected chi connectivity index (χ4v) is 10.4. The maximum atomic E-state index is 14.4. The van der Waals surface area contributed by atoms with Gasteiger partial charge in [0.1, 0.15) is 24.1 Å². The first-order valence-electron chi connectivity index (χ1n) is 26.5. The van der Waals surface area contributed by atoms with E-state index in [1.807, 2.05) is 30.3 Å². The highest BCUT2D eigenvalue weighted by atomic mass is 16.5. The van der Waals surface area contributed by atoms with Gasteiger partial charge in [-0.1, -0.05) is 31.4 Å². The summed E-state index contributed by atoms with van der Waals surface area (Å²) in [4.78, 5) is 84.3. The van der Waals surface area contributed by atoms with Crippen molar-refractivity contribution in [3.05, 3.63) is 84.5 Å². The first-order valence-corrected chi connectivity index (χ1v) is 26.5. The maximum Gasteiger partial charge on any atom is 0.271 e. The van der Waals surface area contributed by atoms with Crippen LogP contribution in [0.2, 0.25) is 0 Å². The van der Waals surface area contributed by atoms with Gasteiger partial charge in [0.15, 0.2) is 22.7 Å². The van der Waals surface area contributed by atoms with Gasteiger partial charge < -0.3 is 63.8 Å². The first kappa shape index (κ1) is 54.7. The summed E-state index contributed by atoms with van der Waals surface area (Å²) >= 11 is 0. The second kappa shape index (κ2) is 25.4. The number of methoxy groups -OCH3 is 3. The van der Waals surface area contributed by atoms with E-state index in [1.54, 1.807) is 95.8 Å². The number of aryl methyl sites for hydroxylation is 1. The lowest BCUT2D eigenvalue weighted by molar-refractivity contribution is -0.139. The first-order chi connectivity index (χ1) is 38.0. The topological polar surface area (TPSA) is 242 Å². The molecule has 3 fully saturated rings. The highest BCUT2D eigenvalue weighted by Gasteiger charge is 2.37. The number of ether oxygens (including phenoxy) is 5. The fraction of sp³-hybridized carbons (Fsp3) is 0.455. The van der Waals surface area contributed by atoms with E-state index in [2.05, 4.69) is 41.1 Å². The second-order valence-corrected chi connectivity index (χ2v) is 19.4. The summed E-state index contributed by atoms with van der Waals surface area (Å²) in [6, 6.07) is 18.1. The zero-order valence-electron chi connectivity index (χ0n) is 44.9. The minimum atomic E-state index is -0.607. The lowest BCUT2D eigenvalue weighted by Gasteiger charge is -2.39. The average molecular weight is 1070 g/mol.